The highest BCUT2D eigenvalue weighted by molar-refractivity contribution is 6.06. The third kappa shape index (κ3) is 3.98. The first-order valence-electron chi connectivity index (χ1n) is 9.93. The van der Waals surface area contributed by atoms with Crippen LogP contribution in [0.1, 0.15) is 29.8 Å². The SMILES string of the molecule is C[C@@H]1CN(c2ccc(CNC(=O)c3cn(C)c4ccccc34)cc2F)C[C@@H](C)O1. The van der Waals surface area contributed by atoms with Gasteiger partial charge in [0.25, 0.3) is 5.91 Å². The number of nitrogens with one attached hydrogen (secondary N) is 1. The highest BCUT2D eigenvalue weighted by Gasteiger charge is 2.24. The highest BCUT2D eigenvalue weighted by atomic mass is 19.1. The van der Waals surface area contributed by atoms with Crippen LogP contribution in [-0.2, 0) is 18.3 Å². The Hall–Kier alpha value is -2.86. The minimum absolute atomic E-state index is 0.0674. The Bertz CT molecular complexity index is 1040. The molecule has 2 atom stereocenters. The first-order chi connectivity index (χ1) is 13.9. The summed E-state index contributed by atoms with van der Waals surface area (Å²) in [5.41, 5.74) is 2.93. The lowest BCUT2D eigenvalue weighted by molar-refractivity contribution is -0.00539. The number of halogens is 1. The van der Waals surface area contributed by atoms with E-state index in [1.54, 1.807) is 6.07 Å². The van der Waals surface area contributed by atoms with E-state index < -0.39 is 0 Å². The average Bonchev–Trinajstić information content (AvgIpc) is 3.02. The number of aryl methyl sites for hydroxylation is 1. The van der Waals surface area contributed by atoms with Gasteiger partial charge in [-0.05, 0) is 37.6 Å². The topological polar surface area (TPSA) is 46.5 Å². The molecular formula is C23H26FN3O2. The van der Waals surface area contributed by atoms with Crippen molar-refractivity contribution in [3.05, 3.63) is 65.6 Å². The van der Waals surface area contributed by atoms with E-state index in [9.17, 15) is 9.18 Å². The molecule has 4 rings (SSSR count). The van der Waals surface area contributed by atoms with Crippen molar-refractivity contribution in [2.24, 2.45) is 7.05 Å². The Balaban J connectivity index is 1.46. The summed E-state index contributed by atoms with van der Waals surface area (Å²) < 4.78 is 22.4. The summed E-state index contributed by atoms with van der Waals surface area (Å²) in [5.74, 6) is -0.440. The number of hydrogen-bond acceptors (Lipinski definition) is 3. The van der Waals surface area contributed by atoms with Gasteiger partial charge in [0.05, 0.1) is 23.5 Å². The number of benzene rings is 2. The van der Waals surface area contributed by atoms with Crippen LogP contribution < -0.4 is 10.2 Å². The van der Waals surface area contributed by atoms with E-state index in [0.29, 0.717) is 24.3 Å². The number of hydrogen-bond donors (Lipinski definition) is 1. The number of anilines is 1. The molecule has 1 amide bonds. The second-order valence-electron chi connectivity index (χ2n) is 7.80. The van der Waals surface area contributed by atoms with Crippen molar-refractivity contribution < 1.29 is 13.9 Å². The molecule has 1 N–H and O–H groups in total. The zero-order valence-electron chi connectivity index (χ0n) is 17.0. The first kappa shape index (κ1) is 19.5. The van der Waals surface area contributed by atoms with E-state index in [0.717, 1.165) is 16.5 Å². The Morgan fingerprint density at radius 3 is 2.62 bits per heavy atom. The van der Waals surface area contributed by atoms with Crippen molar-refractivity contribution in [3.8, 4) is 0 Å². The van der Waals surface area contributed by atoms with Crippen molar-refractivity contribution in [1.82, 2.24) is 9.88 Å². The number of ether oxygens (including phenoxy) is 1. The summed E-state index contributed by atoms with van der Waals surface area (Å²) in [6.45, 7) is 5.60. The van der Waals surface area contributed by atoms with E-state index in [-0.39, 0.29) is 30.5 Å². The number of carbonyl (C=O) groups is 1. The molecule has 0 unspecified atom stereocenters. The average molecular weight is 395 g/mol. The zero-order chi connectivity index (χ0) is 20.5. The number of carbonyl (C=O) groups excluding carboxylic acids is 1. The summed E-state index contributed by atoms with van der Waals surface area (Å²) in [4.78, 5) is 14.7. The maximum atomic E-state index is 14.7. The smallest absolute Gasteiger partial charge is 0.253 e. The number of fused-ring (bicyclic) bond motifs is 1. The van der Waals surface area contributed by atoms with Gasteiger partial charge in [0.1, 0.15) is 5.82 Å². The van der Waals surface area contributed by atoms with Crippen LogP contribution in [0.25, 0.3) is 10.9 Å². The van der Waals surface area contributed by atoms with Crippen LogP contribution in [0.2, 0.25) is 0 Å². The summed E-state index contributed by atoms with van der Waals surface area (Å²) in [6.07, 6.45) is 1.96. The van der Waals surface area contributed by atoms with Crippen LogP contribution in [0.4, 0.5) is 10.1 Å². The minimum atomic E-state index is -0.275. The van der Waals surface area contributed by atoms with Gasteiger partial charge in [0, 0.05) is 43.8 Å². The summed E-state index contributed by atoms with van der Waals surface area (Å²) in [7, 11) is 1.92. The van der Waals surface area contributed by atoms with Gasteiger partial charge >= 0.3 is 0 Å². The lowest BCUT2D eigenvalue weighted by atomic mass is 10.1. The van der Waals surface area contributed by atoms with Gasteiger partial charge in [-0.1, -0.05) is 24.3 Å². The molecule has 5 nitrogen and oxygen atoms in total. The molecule has 0 saturated carbocycles. The monoisotopic (exact) mass is 395 g/mol. The molecule has 1 aliphatic heterocycles. The number of rotatable bonds is 4. The molecule has 6 heteroatoms. The quantitative estimate of drug-likeness (QED) is 0.730. The van der Waals surface area contributed by atoms with Crippen molar-refractivity contribution in [2.45, 2.75) is 32.6 Å². The molecule has 0 radical (unpaired) electrons. The first-order valence-corrected chi connectivity index (χ1v) is 9.93. The second-order valence-corrected chi connectivity index (χ2v) is 7.80. The molecule has 2 heterocycles. The summed E-state index contributed by atoms with van der Waals surface area (Å²) in [6, 6.07) is 12.9. The van der Waals surface area contributed by atoms with Gasteiger partial charge in [0.15, 0.2) is 0 Å². The molecule has 152 valence electrons. The molecule has 1 fully saturated rings. The minimum Gasteiger partial charge on any atom is -0.372 e. The van der Waals surface area contributed by atoms with E-state index in [2.05, 4.69) is 5.32 Å². The van der Waals surface area contributed by atoms with Gasteiger partial charge in [0.2, 0.25) is 0 Å². The van der Waals surface area contributed by atoms with Crippen LogP contribution >= 0.6 is 0 Å². The molecule has 1 saturated heterocycles. The van der Waals surface area contributed by atoms with Crippen molar-refractivity contribution in [1.29, 1.82) is 0 Å². The number of aromatic nitrogens is 1. The van der Waals surface area contributed by atoms with Gasteiger partial charge in [-0.15, -0.1) is 0 Å². The van der Waals surface area contributed by atoms with Crippen LogP contribution in [0.3, 0.4) is 0 Å². The standard InChI is InChI=1S/C23H26FN3O2/c1-15-12-27(13-16(2)29-15)22-9-8-17(10-20(22)24)11-25-23(28)19-14-26(3)21-7-5-4-6-18(19)21/h4-10,14-16H,11-13H2,1-3H3,(H,25,28)/t15-,16-/m1/s1. The maximum Gasteiger partial charge on any atom is 0.253 e. The van der Waals surface area contributed by atoms with Crippen LogP contribution in [0.5, 0.6) is 0 Å². The van der Waals surface area contributed by atoms with Gasteiger partial charge in [-0.3, -0.25) is 4.79 Å². The fourth-order valence-corrected chi connectivity index (χ4v) is 4.09. The fraction of sp³-hybridized carbons (Fsp3) is 0.348. The third-order valence-corrected chi connectivity index (χ3v) is 5.37. The molecule has 1 aliphatic rings. The van der Waals surface area contributed by atoms with E-state index >= 15 is 0 Å². The van der Waals surface area contributed by atoms with Gasteiger partial charge < -0.3 is 19.5 Å². The normalized spacial score (nSPS) is 19.5. The number of morpholine rings is 1. The molecule has 0 spiro atoms. The molecule has 29 heavy (non-hydrogen) atoms. The number of amides is 1. The number of para-hydroxylation sites is 1. The Morgan fingerprint density at radius 2 is 1.90 bits per heavy atom. The van der Waals surface area contributed by atoms with Crippen molar-refractivity contribution in [3.63, 3.8) is 0 Å². The predicted octanol–water partition coefficient (Wildman–Crippen LogP) is 3.86. The van der Waals surface area contributed by atoms with Gasteiger partial charge in [-0.2, -0.15) is 0 Å². The lowest BCUT2D eigenvalue weighted by Crippen LogP contribution is -2.45. The molecule has 2 aromatic carbocycles. The number of nitrogens with zero attached hydrogens (tertiary/aromatic N) is 2. The molecule has 0 aliphatic carbocycles. The molecule has 0 bridgehead atoms. The zero-order valence-corrected chi connectivity index (χ0v) is 17.0. The van der Waals surface area contributed by atoms with Gasteiger partial charge in [-0.25, -0.2) is 4.39 Å². The second kappa shape index (κ2) is 7.87. The van der Waals surface area contributed by atoms with Crippen molar-refractivity contribution >= 4 is 22.5 Å². The Labute approximate surface area is 170 Å². The summed E-state index contributed by atoms with van der Waals surface area (Å²) >= 11 is 0. The van der Waals surface area contributed by atoms with E-state index in [1.807, 2.05) is 66.9 Å². The lowest BCUT2D eigenvalue weighted by Gasteiger charge is -2.37. The molecular weight excluding hydrogens is 369 g/mol. The van der Waals surface area contributed by atoms with Crippen LogP contribution in [0.15, 0.2) is 48.7 Å². The largest absolute Gasteiger partial charge is 0.372 e. The Morgan fingerprint density at radius 1 is 1.17 bits per heavy atom. The Kier molecular flexibility index (Phi) is 5.28. The van der Waals surface area contributed by atoms with Crippen molar-refractivity contribution in [2.75, 3.05) is 18.0 Å². The van der Waals surface area contributed by atoms with E-state index in [4.69, 9.17) is 4.74 Å². The maximum absolute atomic E-state index is 14.7. The highest BCUT2D eigenvalue weighted by Crippen LogP contribution is 2.25. The summed E-state index contributed by atoms with van der Waals surface area (Å²) in [5, 5.41) is 3.82. The molecule has 1 aromatic heterocycles. The third-order valence-electron chi connectivity index (χ3n) is 5.37. The van der Waals surface area contributed by atoms with Crippen LogP contribution in [0, 0.1) is 5.82 Å². The van der Waals surface area contributed by atoms with Crippen LogP contribution in [-0.4, -0.2) is 35.8 Å². The fourth-order valence-electron chi connectivity index (χ4n) is 4.09. The molecule has 3 aromatic rings. The predicted molar refractivity (Wildman–Crippen MR) is 113 cm³/mol. The van der Waals surface area contributed by atoms with E-state index in [1.165, 1.54) is 6.07 Å².